The Morgan fingerprint density at radius 3 is 2.48 bits per heavy atom. The molecule has 0 bridgehead atoms. The molecule has 3 N–H and O–H groups in total. The molecule has 6 nitrogen and oxygen atoms in total. The molecule has 0 atom stereocenters. The molecule has 0 aliphatic heterocycles. The lowest BCUT2D eigenvalue weighted by Gasteiger charge is -2.43. The molecule has 0 heterocycles. The van der Waals surface area contributed by atoms with Gasteiger partial charge in [-0.3, -0.25) is 4.72 Å². The lowest BCUT2D eigenvalue weighted by molar-refractivity contribution is 0.104. The summed E-state index contributed by atoms with van der Waals surface area (Å²) in [7, 11) is -3.32. The zero-order chi connectivity index (χ0) is 19.9. The van der Waals surface area contributed by atoms with Gasteiger partial charge < -0.3 is 10.6 Å². The maximum absolute atomic E-state index is 11.6. The highest BCUT2D eigenvalue weighted by molar-refractivity contribution is 7.92. The van der Waals surface area contributed by atoms with Crippen LogP contribution in [0.25, 0.3) is 0 Å². The van der Waals surface area contributed by atoms with E-state index in [1.165, 1.54) is 25.7 Å². The number of nitrogens with one attached hydrogen (secondary N) is 3. The van der Waals surface area contributed by atoms with Crippen molar-refractivity contribution in [3.8, 4) is 0 Å². The third kappa shape index (κ3) is 7.05. The molecule has 1 aromatic carbocycles. The molecule has 1 aromatic rings. The highest BCUT2D eigenvalue weighted by Gasteiger charge is 2.37. The van der Waals surface area contributed by atoms with Crippen LogP contribution in [0.15, 0.2) is 29.3 Å². The molecule has 0 unspecified atom stereocenters. The number of para-hydroxylation sites is 1. The summed E-state index contributed by atoms with van der Waals surface area (Å²) in [6, 6.07) is 7.37. The predicted molar refractivity (Wildman–Crippen MR) is 113 cm³/mol. The van der Waals surface area contributed by atoms with Crippen LogP contribution in [-0.2, 0) is 16.6 Å². The van der Waals surface area contributed by atoms with Crippen LogP contribution >= 0.6 is 0 Å². The monoisotopic (exact) mass is 394 g/mol. The fourth-order valence-electron chi connectivity index (χ4n) is 3.73. The van der Waals surface area contributed by atoms with E-state index in [-0.39, 0.29) is 0 Å². The molecule has 1 fully saturated rings. The van der Waals surface area contributed by atoms with Crippen molar-refractivity contribution in [2.75, 3.05) is 24.1 Å². The lowest BCUT2D eigenvalue weighted by atomic mass is 9.64. The van der Waals surface area contributed by atoms with Gasteiger partial charge in [0.2, 0.25) is 10.0 Å². The third-order valence-electron chi connectivity index (χ3n) is 4.95. The van der Waals surface area contributed by atoms with Crippen LogP contribution in [0.4, 0.5) is 5.69 Å². The second kappa shape index (κ2) is 9.44. The van der Waals surface area contributed by atoms with Crippen molar-refractivity contribution in [2.24, 2.45) is 16.3 Å². The van der Waals surface area contributed by atoms with E-state index in [9.17, 15) is 8.42 Å². The first-order valence-corrected chi connectivity index (χ1v) is 11.7. The Morgan fingerprint density at radius 2 is 1.93 bits per heavy atom. The highest BCUT2D eigenvalue weighted by Crippen LogP contribution is 2.45. The average Bonchev–Trinajstić information content (AvgIpc) is 2.54. The van der Waals surface area contributed by atoms with Crippen molar-refractivity contribution in [3.05, 3.63) is 29.8 Å². The van der Waals surface area contributed by atoms with E-state index in [0.717, 1.165) is 30.9 Å². The number of sulfonamides is 1. The maximum Gasteiger partial charge on any atom is 0.229 e. The van der Waals surface area contributed by atoms with Crippen LogP contribution in [0.5, 0.6) is 0 Å². The second-order valence-corrected chi connectivity index (χ2v) is 9.78. The molecule has 1 saturated carbocycles. The van der Waals surface area contributed by atoms with Crippen LogP contribution in [0, 0.1) is 11.3 Å². The molecule has 152 valence electrons. The maximum atomic E-state index is 11.6. The summed E-state index contributed by atoms with van der Waals surface area (Å²) in [5.74, 6) is 1.47. The van der Waals surface area contributed by atoms with Crippen LogP contribution in [0.1, 0.15) is 52.0 Å². The molecule has 0 radical (unpaired) electrons. The minimum Gasteiger partial charge on any atom is -0.357 e. The number of anilines is 1. The molecule has 0 aromatic heterocycles. The minimum atomic E-state index is -3.32. The number of nitrogens with zero attached hydrogens (tertiary/aromatic N) is 1. The Kier molecular flexibility index (Phi) is 7.53. The van der Waals surface area contributed by atoms with E-state index in [0.29, 0.717) is 23.6 Å². The number of hydrogen-bond acceptors (Lipinski definition) is 3. The normalized spacial score (nSPS) is 16.7. The van der Waals surface area contributed by atoms with Gasteiger partial charge in [-0.1, -0.05) is 38.5 Å². The van der Waals surface area contributed by atoms with Gasteiger partial charge in [0.25, 0.3) is 0 Å². The number of aliphatic imine (C=N–C) groups is 1. The fourth-order valence-corrected chi connectivity index (χ4v) is 4.33. The summed E-state index contributed by atoms with van der Waals surface area (Å²) in [4.78, 5) is 4.67. The average molecular weight is 395 g/mol. The topological polar surface area (TPSA) is 82.6 Å². The van der Waals surface area contributed by atoms with Crippen LogP contribution in [0.2, 0.25) is 0 Å². The molecular weight excluding hydrogens is 360 g/mol. The first-order valence-electron chi connectivity index (χ1n) is 9.81. The van der Waals surface area contributed by atoms with Gasteiger partial charge in [0, 0.05) is 13.1 Å². The molecule has 2 rings (SSSR count). The minimum absolute atomic E-state index is 0.389. The predicted octanol–water partition coefficient (Wildman–Crippen LogP) is 3.33. The van der Waals surface area contributed by atoms with Crippen molar-refractivity contribution in [1.29, 1.82) is 0 Å². The zero-order valence-electron chi connectivity index (χ0n) is 17.0. The van der Waals surface area contributed by atoms with Gasteiger partial charge in [-0.2, -0.15) is 0 Å². The number of hydrogen-bond donors (Lipinski definition) is 3. The van der Waals surface area contributed by atoms with Crippen LogP contribution in [-0.4, -0.2) is 33.7 Å². The Hall–Kier alpha value is -1.76. The van der Waals surface area contributed by atoms with E-state index < -0.39 is 10.0 Å². The first kappa shape index (κ1) is 21.5. The van der Waals surface area contributed by atoms with Crippen molar-refractivity contribution >= 4 is 21.7 Å². The summed E-state index contributed by atoms with van der Waals surface area (Å²) in [5.41, 5.74) is 1.82. The quantitative estimate of drug-likeness (QED) is 0.443. The van der Waals surface area contributed by atoms with Crippen LogP contribution < -0.4 is 15.4 Å². The molecule has 0 amide bonds. The summed E-state index contributed by atoms with van der Waals surface area (Å²) in [6.07, 6.45) is 6.26. The van der Waals surface area contributed by atoms with E-state index in [2.05, 4.69) is 34.2 Å². The van der Waals surface area contributed by atoms with E-state index in [4.69, 9.17) is 0 Å². The standard InChI is InChI=1S/C20H34N4O2S/c1-5-21-19(23-15-20(11-8-12-20)13-16(2)3)22-14-17-9-6-7-10-18(17)24-27(4,25)26/h6-7,9-10,16,24H,5,8,11-15H2,1-4H3,(H2,21,22,23). The van der Waals surface area contributed by atoms with Gasteiger partial charge >= 0.3 is 0 Å². The smallest absolute Gasteiger partial charge is 0.229 e. The fraction of sp³-hybridized carbons (Fsp3) is 0.650. The zero-order valence-corrected chi connectivity index (χ0v) is 17.8. The molecular formula is C20H34N4O2S. The SMILES string of the molecule is CCNC(=NCc1ccccc1NS(C)(=O)=O)NCC1(CC(C)C)CCC1. The molecule has 0 saturated heterocycles. The van der Waals surface area contributed by atoms with Gasteiger partial charge in [0.15, 0.2) is 5.96 Å². The van der Waals surface area contributed by atoms with Gasteiger partial charge in [-0.25, -0.2) is 13.4 Å². The molecule has 1 aliphatic rings. The van der Waals surface area contributed by atoms with Crippen molar-refractivity contribution < 1.29 is 8.42 Å². The van der Waals surface area contributed by atoms with E-state index in [1.54, 1.807) is 6.07 Å². The number of benzene rings is 1. The summed E-state index contributed by atoms with van der Waals surface area (Å²) in [6.45, 7) is 8.73. The molecule has 0 spiro atoms. The molecule has 7 heteroatoms. The van der Waals surface area contributed by atoms with Crippen LogP contribution in [0.3, 0.4) is 0 Å². The van der Waals surface area contributed by atoms with Crippen molar-refractivity contribution in [3.63, 3.8) is 0 Å². The molecule has 27 heavy (non-hydrogen) atoms. The summed E-state index contributed by atoms with van der Waals surface area (Å²) < 4.78 is 25.7. The third-order valence-corrected chi connectivity index (χ3v) is 5.54. The Labute approximate surface area is 164 Å². The van der Waals surface area contributed by atoms with Crippen molar-refractivity contribution in [2.45, 2.75) is 53.0 Å². The van der Waals surface area contributed by atoms with E-state index >= 15 is 0 Å². The highest BCUT2D eigenvalue weighted by atomic mass is 32.2. The number of guanidine groups is 1. The first-order chi connectivity index (χ1) is 12.7. The summed E-state index contributed by atoms with van der Waals surface area (Å²) >= 11 is 0. The summed E-state index contributed by atoms with van der Waals surface area (Å²) in [5, 5.41) is 6.80. The van der Waals surface area contributed by atoms with Crippen molar-refractivity contribution in [1.82, 2.24) is 10.6 Å². The largest absolute Gasteiger partial charge is 0.357 e. The van der Waals surface area contributed by atoms with Gasteiger partial charge in [-0.05, 0) is 49.1 Å². The van der Waals surface area contributed by atoms with Gasteiger partial charge in [-0.15, -0.1) is 0 Å². The Morgan fingerprint density at radius 1 is 1.22 bits per heavy atom. The van der Waals surface area contributed by atoms with Gasteiger partial charge in [0.05, 0.1) is 18.5 Å². The Bertz CT molecular complexity index is 740. The second-order valence-electron chi connectivity index (χ2n) is 8.03. The Balaban J connectivity index is 2.05. The van der Waals surface area contributed by atoms with Gasteiger partial charge in [0.1, 0.15) is 0 Å². The van der Waals surface area contributed by atoms with E-state index in [1.807, 2.05) is 25.1 Å². The lowest BCUT2D eigenvalue weighted by Crippen LogP contribution is -2.47. The number of rotatable bonds is 9. The molecule has 1 aliphatic carbocycles.